The van der Waals surface area contributed by atoms with Gasteiger partial charge in [0.2, 0.25) is 0 Å². The lowest BCUT2D eigenvalue weighted by molar-refractivity contribution is -0.123. The van der Waals surface area contributed by atoms with Crippen molar-refractivity contribution in [3.05, 3.63) is 70.5 Å². The SMILES string of the molecule is O=C1SC(=Cc2ccc(F)c(O)c2)C(=O)N1Cc1cccc(-c2cn[nH]n2)c1. The van der Waals surface area contributed by atoms with Gasteiger partial charge < -0.3 is 5.11 Å². The Morgan fingerprint density at radius 3 is 2.82 bits per heavy atom. The van der Waals surface area contributed by atoms with E-state index in [1.165, 1.54) is 18.2 Å². The van der Waals surface area contributed by atoms with E-state index in [2.05, 4.69) is 15.4 Å². The van der Waals surface area contributed by atoms with E-state index in [1.807, 2.05) is 24.3 Å². The molecule has 2 N–H and O–H groups in total. The number of halogens is 1. The number of amides is 2. The Bertz CT molecular complexity index is 1100. The van der Waals surface area contributed by atoms with Gasteiger partial charge in [0.1, 0.15) is 5.69 Å². The van der Waals surface area contributed by atoms with Crippen LogP contribution in [0.2, 0.25) is 0 Å². The fourth-order valence-corrected chi connectivity index (χ4v) is 3.60. The van der Waals surface area contributed by atoms with Crippen LogP contribution in [0.15, 0.2) is 53.6 Å². The molecule has 3 aromatic rings. The smallest absolute Gasteiger partial charge is 0.293 e. The first kappa shape index (κ1) is 17.9. The molecule has 2 heterocycles. The first-order valence-electron chi connectivity index (χ1n) is 8.20. The van der Waals surface area contributed by atoms with E-state index in [4.69, 9.17) is 0 Å². The summed E-state index contributed by atoms with van der Waals surface area (Å²) in [5.41, 5.74) is 2.67. The number of nitrogens with zero attached hydrogens (tertiary/aromatic N) is 3. The molecule has 0 radical (unpaired) electrons. The third-order valence-electron chi connectivity index (χ3n) is 4.12. The average Bonchev–Trinajstić information content (AvgIpc) is 3.30. The Kier molecular flexibility index (Phi) is 4.66. The summed E-state index contributed by atoms with van der Waals surface area (Å²) < 4.78 is 13.2. The number of aromatic hydroxyl groups is 1. The average molecular weight is 396 g/mol. The number of benzene rings is 2. The van der Waals surface area contributed by atoms with Crippen LogP contribution in [-0.2, 0) is 11.3 Å². The maximum atomic E-state index is 13.2. The normalized spacial score (nSPS) is 15.6. The Morgan fingerprint density at radius 2 is 2.07 bits per heavy atom. The second-order valence-corrected chi connectivity index (χ2v) is 7.03. The number of imide groups is 1. The van der Waals surface area contributed by atoms with Crippen molar-refractivity contribution in [3.63, 3.8) is 0 Å². The van der Waals surface area contributed by atoms with E-state index in [-0.39, 0.29) is 11.4 Å². The molecule has 1 aliphatic rings. The van der Waals surface area contributed by atoms with Gasteiger partial charge in [-0.3, -0.25) is 14.5 Å². The zero-order valence-electron chi connectivity index (χ0n) is 14.3. The molecule has 0 bridgehead atoms. The number of aromatic nitrogens is 3. The number of hydrogen-bond acceptors (Lipinski definition) is 6. The van der Waals surface area contributed by atoms with Crippen molar-refractivity contribution in [2.45, 2.75) is 6.54 Å². The summed E-state index contributed by atoms with van der Waals surface area (Å²) in [7, 11) is 0. The number of hydrogen-bond donors (Lipinski definition) is 2. The maximum absolute atomic E-state index is 13.2. The number of carbonyl (C=O) groups is 2. The molecule has 1 aromatic heterocycles. The molecule has 0 saturated carbocycles. The van der Waals surface area contributed by atoms with Crippen molar-refractivity contribution in [2.75, 3.05) is 0 Å². The van der Waals surface area contributed by atoms with E-state index in [1.54, 1.807) is 6.20 Å². The van der Waals surface area contributed by atoms with Crippen LogP contribution in [0.5, 0.6) is 5.75 Å². The topological polar surface area (TPSA) is 99.2 Å². The van der Waals surface area contributed by atoms with Crippen LogP contribution in [0.4, 0.5) is 9.18 Å². The third-order valence-corrected chi connectivity index (χ3v) is 5.03. The highest BCUT2D eigenvalue weighted by Crippen LogP contribution is 2.34. The van der Waals surface area contributed by atoms with Crippen molar-refractivity contribution in [1.29, 1.82) is 0 Å². The van der Waals surface area contributed by atoms with E-state index in [9.17, 15) is 19.1 Å². The molecule has 1 aliphatic heterocycles. The number of aromatic amines is 1. The van der Waals surface area contributed by atoms with Gasteiger partial charge in [-0.2, -0.15) is 15.4 Å². The van der Waals surface area contributed by atoms with Crippen LogP contribution < -0.4 is 0 Å². The predicted molar refractivity (Wildman–Crippen MR) is 101 cm³/mol. The number of carbonyl (C=O) groups excluding carboxylic acids is 2. The van der Waals surface area contributed by atoms with Gasteiger partial charge in [-0.15, -0.1) is 0 Å². The van der Waals surface area contributed by atoms with Gasteiger partial charge in [0, 0.05) is 5.56 Å². The molecule has 0 unspecified atom stereocenters. The van der Waals surface area contributed by atoms with Crippen molar-refractivity contribution >= 4 is 29.0 Å². The molecule has 1 saturated heterocycles. The standard InChI is InChI=1S/C19H13FN4O3S/c20-14-5-4-11(7-16(14)25)8-17-18(26)24(19(27)28-17)10-12-2-1-3-13(6-12)15-9-21-23-22-15/h1-9,25H,10H2,(H,21,22,23). The molecule has 4 rings (SSSR count). The number of phenolic OH excluding ortho intramolecular Hbond substituents is 1. The van der Waals surface area contributed by atoms with E-state index in [0.717, 1.165) is 33.9 Å². The van der Waals surface area contributed by atoms with Gasteiger partial charge in [0.05, 0.1) is 17.6 Å². The maximum Gasteiger partial charge on any atom is 0.293 e. The summed E-state index contributed by atoms with van der Waals surface area (Å²) in [6, 6.07) is 11.0. The Balaban J connectivity index is 1.55. The molecule has 2 amide bonds. The second kappa shape index (κ2) is 7.28. The number of thioether (sulfide) groups is 1. The molecule has 0 atom stereocenters. The van der Waals surface area contributed by atoms with Gasteiger partial charge in [-0.25, -0.2) is 4.39 Å². The summed E-state index contributed by atoms with van der Waals surface area (Å²) in [5.74, 6) is -1.71. The van der Waals surface area contributed by atoms with E-state index < -0.39 is 22.7 Å². The van der Waals surface area contributed by atoms with Crippen molar-refractivity contribution < 1.29 is 19.1 Å². The van der Waals surface area contributed by atoms with Gasteiger partial charge in [0.15, 0.2) is 11.6 Å². The lowest BCUT2D eigenvalue weighted by Gasteiger charge is -2.13. The van der Waals surface area contributed by atoms with Crippen LogP contribution in [0.25, 0.3) is 17.3 Å². The number of phenols is 1. The van der Waals surface area contributed by atoms with Gasteiger partial charge in [0.25, 0.3) is 11.1 Å². The summed E-state index contributed by atoms with van der Waals surface area (Å²) >= 11 is 0.804. The predicted octanol–water partition coefficient (Wildman–Crippen LogP) is 3.55. The fraction of sp³-hybridized carbons (Fsp3) is 0.0526. The highest BCUT2D eigenvalue weighted by molar-refractivity contribution is 8.18. The lowest BCUT2D eigenvalue weighted by Crippen LogP contribution is -2.27. The molecule has 2 aromatic carbocycles. The van der Waals surface area contributed by atoms with Crippen LogP contribution in [-0.4, -0.2) is 36.6 Å². The lowest BCUT2D eigenvalue weighted by atomic mass is 10.1. The Hall–Kier alpha value is -3.46. The Labute approximate surface area is 162 Å². The molecule has 9 heteroatoms. The molecule has 1 fully saturated rings. The first-order chi connectivity index (χ1) is 13.5. The quantitative estimate of drug-likeness (QED) is 0.655. The van der Waals surface area contributed by atoms with Crippen molar-refractivity contribution in [2.24, 2.45) is 0 Å². The summed E-state index contributed by atoms with van der Waals surface area (Å²) in [6.07, 6.45) is 3.04. The highest BCUT2D eigenvalue weighted by Gasteiger charge is 2.35. The third kappa shape index (κ3) is 3.52. The summed E-state index contributed by atoms with van der Waals surface area (Å²) in [5, 5.41) is 19.4. The largest absolute Gasteiger partial charge is 0.505 e. The van der Waals surface area contributed by atoms with E-state index in [0.29, 0.717) is 11.3 Å². The Morgan fingerprint density at radius 1 is 1.21 bits per heavy atom. The minimum atomic E-state index is -0.753. The molecular formula is C19H13FN4O3S. The fourth-order valence-electron chi connectivity index (χ4n) is 2.76. The first-order valence-corrected chi connectivity index (χ1v) is 9.02. The number of nitrogens with one attached hydrogen (secondary N) is 1. The van der Waals surface area contributed by atoms with Gasteiger partial charge >= 0.3 is 0 Å². The monoisotopic (exact) mass is 396 g/mol. The summed E-state index contributed by atoms with van der Waals surface area (Å²) in [4.78, 5) is 26.3. The molecule has 28 heavy (non-hydrogen) atoms. The van der Waals surface area contributed by atoms with Crippen molar-refractivity contribution in [3.8, 4) is 17.0 Å². The van der Waals surface area contributed by atoms with E-state index >= 15 is 0 Å². The molecule has 140 valence electrons. The number of rotatable bonds is 4. The van der Waals surface area contributed by atoms with Gasteiger partial charge in [-0.05, 0) is 47.2 Å². The number of H-pyrrole nitrogens is 1. The van der Waals surface area contributed by atoms with Crippen molar-refractivity contribution in [1.82, 2.24) is 20.3 Å². The molecule has 0 spiro atoms. The molecule has 0 aliphatic carbocycles. The summed E-state index contributed by atoms with van der Waals surface area (Å²) in [6.45, 7) is 0.113. The van der Waals surface area contributed by atoms with Crippen LogP contribution >= 0.6 is 11.8 Å². The van der Waals surface area contributed by atoms with Crippen LogP contribution in [0, 0.1) is 5.82 Å². The van der Waals surface area contributed by atoms with Crippen LogP contribution in [0.1, 0.15) is 11.1 Å². The second-order valence-electron chi connectivity index (χ2n) is 6.03. The molecular weight excluding hydrogens is 383 g/mol. The van der Waals surface area contributed by atoms with Crippen LogP contribution in [0.3, 0.4) is 0 Å². The van der Waals surface area contributed by atoms with Gasteiger partial charge in [-0.1, -0.05) is 24.3 Å². The zero-order valence-corrected chi connectivity index (χ0v) is 15.1. The zero-order chi connectivity index (χ0) is 19.7. The minimum Gasteiger partial charge on any atom is -0.505 e. The molecule has 7 nitrogen and oxygen atoms in total. The highest BCUT2D eigenvalue weighted by atomic mass is 32.2. The minimum absolute atomic E-state index is 0.113.